The lowest BCUT2D eigenvalue weighted by Crippen LogP contribution is -2.57. The highest BCUT2D eigenvalue weighted by Gasteiger charge is 2.39. The maximum Gasteiger partial charge on any atom is 0.490 e. The van der Waals surface area contributed by atoms with E-state index in [1.54, 1.807) is 26.0 Å². The minimum Gasteiger partial charge on any atom is -0.481 e. The molecule has 7 amide bonds. The van der Waals surface area contributed by atoms with Crippen LogP contribution >= 0.6 is 0 Å². The number of fused-ring (bicyclic) bond motifs is 2. The molecule has 0 aliphatic carbocycles. The number of alkyl halides is 6. The van der Waals surface area contributed by atoms with Gasteiger partial charge in [0.25, 0.3) is 11.8 Å². The monoisotopic (exact) mass is 1070 g/mol. The van der Waals surface area contributed by atoms with Crippen LogP contribution in [0.2, 0.25) is 0 Å². The molecule has 26 nitrogen and oxygen atoms in total. The van der Waals surface area contributed by atoms with Gasteiger partial charge < -0.3 is 69.0 Å². The molecule has 2 bridgehead atoms. The number of aromatic nitrogens is 1. The lowest BCUT2D eigenvalue weighted by Gasteiger charge is -2.32. The summed E-state index contributed by atoms with van der Waals surface area (Å²) in [4.78, 5) is 131. The van der Waals surface area contributed by atoms with E-state index in [0.29, 0.717) is 42.8 Å². The number of carbonyl (C=O) groups excluding carboxylic acids is 7. The van der Waals surface area contributed by atoms with Gasteiger partial charge in [0.2, 0.25) is 29.5 Å². The quantitative estimate of drug-likeness (QED) is 0.0261. The number of carbonyl (C=O) groups is 10. The fraction of sp³-hybridized carbons (Fsp3) is 0.476. The number of rotatable bonds is 16. The van der Waals surface area contributed by atoms with Gasteiger partial charge in [-0.2, -0.15) is 26.3 Å². The van der Waals surface area contributed by atoms with Crippen LogP contribution in [0, 0.1) is 5.92 Å². The maximum absolute atomic E-state index is 14.0. The van der Waals surface area contributed by atoms with Crippen LogP contribution in [-0.4, -0.2) is 148 Å². The van der Waals surface area contributed by atoms with Gasteiger partial charge in [0.15, 0.2) is 5.96 Å². The molecule has 32 heteroatoms. The van der Waals surface area contributed by atoms with Gasteiger partial charge in [-0.15, -0.1) is 0 Å². The Morgan fingerprint density at radius 2 is 1.46 bits per heavy atom. The van der Waals surface area contributed by atoms with E-state index in [-0.39, 0.29) is 61.4 Å². The summed E-state index contributed by atoms with van der Waals surface area (Å²) in [6.07, 6.45) is -7.50. The number of anilines is 2. The summed E-state index contributed by atoms with van der Waals surface area (Å²) in [5.41, 5.74) is 14.1. The second kappa shape index (κ2) is 30.5. The standard InChI is InChI=1S/C38H55N13O9.2C2HF3O2/c1-21(2)32-37(60)51(3)27(8-7-13-43-38(39)40)36(59)46-20-30(53)48-26(17-31(54)55)35(58)45-18-22-14-24(34(57)49-32)16-25(15-22)47-29(52)9-5-4-6-12-42-33(56)23-10-11-28(50-41)44-19-23;2*3-2(4,5)1(6)7/h10-11,14-16,19,21,26-27,32H,4-9,12-13,17-18,20,41H2,1-3H3,(H,42,56)(H,44,50)(H,45,58)(H,46,59)(H,47,52)(H,48,53)(H,49,57)(H,54,55)(H4,39,40,43);2*(H,6,7)/t26-,27-,32+;;/m0../s1. The summed E-state index contributed by atoms with van der Waals surface area (Å²) in [7, 11) is 1.38. The highest BCUT2D eigenvalue weighted by molar-refractivity contribution is 6.01. The average Bonchev–Trinajstić information content (AvgIpc) is 3.31. The average molecular weight is 1070 g/mol. The first-order chi connectivity index (χ1) is 34.4. The molecule has 0 fully saturated rings. The van der Waals surface area contributed by atoms with Crippen LogP contribution in [0.3, 0.4) is 0 Å². The van der Waals surface area contributed by atoms with Crippen LogP contribution in [0.5, 0.6) is 0 Å². The third kappa shape index (κ3) is 24.2. The number of hydrazine groups is 1. The van der Waals surface area contributed by atoms with Gasteiger partial charge in [0.1, 0.15) is 23.9 Å². The molecule has 3 rings (SSSR count). The molecule has 2 aromatic rings. The molecule has 0 saturated carbocycles. The molecule has 2 heterocycles. The summed E-state index contributed by atoms with van der Waals surface area (Å²) in [5, 5.41) is 39.3. The third-order valence-electron chi connectivity index (χ3n) is 9.75. The number of hydrogen-bond donors (Lipinski definition) is 13. The number of benzene rings is 1. The van der Waals surface area contributed by atoms with E-state index in [4.69, 9.17) is 37.1 Å². The zero-order valence-corrected chi connectivity index (χ0v) is 39.8. The summed E-state index contributed by atoms with van der Waals surface area (Å²) in [5.74, 6) is -6.29. The Morgan fingerprint density at radius 3 is 1.99 bits per heavy atom. The van der Waals surface area contributed by atoms with Crippen LogP contribution in [0.15, 0.2) is 41.5 Å². The van der Waals surface area contributed by atoms with E-state index >= 15 is 0 Å². The Hall–Kier alpha value is -8.32. The maximum atomic E-state index is 14.0. The Labute approximate surface area is 417 Å². The molecule has 410 valence electrons. The number of carboxylic acid groups (broad SMARTS) is 3. The van der Waals surface area contributed by atoms with Gasteiger partial charge in [-0.3, -0.25) is 43.3 Å². The minimum atomic E-state index is -5.08. The summed E-state index contributed by atoms with van der Waals surface area (Å²) >= 11 is 0. The first kappa shape index (κ1) is 63.7. The van der Waals surface area contributed by atoms with Crippen molar-refractivity contribution < 1.29 is 89.6 Å². The number of hydrogen-bond acceptors (Lipinski definition) is 14. The number of unbranched alkanes of at least 4 members (excludes halogenated alkanes) is 2. The second-order valence-electron chi connectivity index (χ2n) is 16.0. The lowest BCUT2D eigenvalue weighted by molar-refractivity contribution is -0.193. The van der Waals surface area contributed by atoms with Gasteiger partial charge in [0, 0.05) is 50.6 Å². The van der Waals surface area contributed by atoms with Crippen molar-refractivity contribution in [2.75, 3.05) is 37.4 Å². The van der Waals surface area contributed by atoms with Crippen molar-refractivity contribution in [3.63, 3.8) is 0 Å². The van der Waals surface area contributed by atoms with Gasteiger partial charge in [-0.05, 0) is 67.5 Å². The van der Waals surface area contributed by atoms with E-state index < -0.39 is 96.8 Å². The number of nitrogen functional groups attached to an aromatic ring is 1. The third-order valence-corrected chi connectivity index (χ3v) is 9.75. The predicted octanol–water partition coefficient (Wildman–Crippen LogP) is -0.0968. The lowest BCUT2D eigenvalue weighted by atomic mass is 9.99. The fourth-order valence-corrected chi connectivity index (χ4v) is 6.06. The molecular weight excluding hydrogens is 1010 g/mol. The molecule has 0 spiro atoms. The number of nitrogens with zero attached hydrogens (tertiary/aromatic N) is 3. The SMILES string of the molecule is CC(C)[C@H]1NC(=O)c2cc(cc(NC(=O)CCCCCNC(=O)c3ccc(NN)nc3)c2)CNC(=O)[C@H](CC(=O)O)NC(=O)CNC(=O)[C@H](CCCN=C(N)N)N(C)C1=O.O=C(O)C(F)(F)F.O=C(O)C(F)(F)F. The van der Waals surface area contributed by atoms with Gasteiger partial charge in [-0.1, -0.05) is 20.3 Å². The normalized spacial score (nSPS) is 16.6. The van der Waals surface area contributed by atoms with Crippen molar-refractivity contribution in [1.82, 2.24) is 36.5 Å². The largest absolute Gasteiger partial charge is 0.490 e. The number of amides is 7. The van der Waals surface area contributed by atoms with Gasteiger partial charge in [-0.25, -0.2) is 20.4 Å². The predicted molar refractivity (Wildman–Crippen MR) is 247 cm³/mol. The number of guanidine groups is 1. The molecule has 3 atom stereocenters. The fourth-order valence-electron chi connectivity index (χ4n) is 6.06. The Balaban J connectivity index is 0.00000170. The zero-order chi connectivity index (χ0) is 56.5. The molecule has 0 saturated heterocycles. The highest BCUT2D eigenvalue weighted by atomic mass is 19.4. The highest BCUT2D eigenvalue weighted by Crippen LogP contribution is 2.19. The number of halogens is 6. The zero-order valence-electron chi connectivity index (χ0n) is 39.8. The number of aliphatic imine (C=N–C) groups is 1. The Kier molecular flexibility index (Phi) is 26.3. The molecular formula is C42H57F6N13O13. The number of aliphatic carboxylic acids is 3. The molecule has 74 heavy (non-hydrogen) atoms. The molecule has 0 unspecified atom stereocenters. The van der Waals surface area contributed by atoms with E-state index in [1.807, 2.05) is 0 Å². The molecule has 16 N–H and O–H groups in total. The van der Waals surface area contributed by atoms with Crippen LogP contribution in [0.1, 0.15) is 85.1 Å². The van der Waals surface area contributed by atoms with Crippen LogP contribution < -0.4 is 54.6 Å². The summed E-state index contributed by atoms with van der Waals surface area (Å²) in [6, 6.07) is 3.65. The van der Waals surface area contributed by atoms with Crippen molar-refractivity contribution >= 4 is 76.7 Å². The van der Waals surface area contributed by atoms with Gasteiger partial charge in [0.05, 0.1) is 18.5 Å². The van der Waals surface area contributed by atoms with E-state index in [9.17, 15) is 69.8 Å². The molecule has 1 aliphatic heterocycles. The second-order valence-corrected chi connectivity index (χ2v) is 16.0. The van der Waals surface area contributed by atoms with Crippen molar-refractivity contribution in [2.45, 2.75) is 95.8 Å². The van der Waals surface area contributed by atoms with Crippen LogP contribution in [0.4, 0.5) is 37.8 Å². The van der Waals surface area contributed by atoms with Crippen molar-refractivity contribution in [1.29, 1.82) is 0 Å². The van der Waals surface area contributed by atoms with E-state index in [1.165, 1.54) is 31.4 Å². The molecule has 0 radical (unpaired) electrons. The molecule has 1 aromatic carbocycles. The number of pyridine rings is 1. The Morgan fingerprint density at radius 1 is 0.851 bits per heavy atom. The topological polar surface area (TPSA) is 422 Å². The van der Waals surface area contributed by atoms with Crippen molar-refractivity contribution in [3.8, 4) is 0 Å². The number of nitrogens with two attached hydrogens (primary N) is 3. The number of likely N-dealkylation sites (N-methyl/N-ethyl adjacent to an activating group) is 1. The van der Waals surface area contributed by atoms with Crippen molar-refractivity contribution in [3.05, 3.63) is 53.2 Å². The van der Waals surface area contributed by atoms with E-state index in [2.05, 4.69) is 47.3 Å². The minimum absolute atomic E-state index is 0.0149. The van der Waals surface area contributed by atoms with Crippen LogP contribution in [-0.2, 0) is 44.9 Å². The Bertz CT molecular complexity index is 2310. The molecule has 1 aromatic heterocycles. The smallest absolute Gasteiger partial charge is 0.481 e. The molecule has 1 aliphatic rings. The van der Waals surface area contributed by atoms with E-state index in [0.717, 1.165) is 4.90 Å². The van der Waals surface area contributed by atoms with Crippen molar-refractivity contribution in [2.24, 2.45) is 28.2 Å². The summed E-state index contributed by atoms with van der Waals surface area (Å²) in [6.45, 7) is 3.00. The van der Waals surface area contributed by atoms with Crippen LogP contribution in [0.25, 0.3) is 0 Å². The first-order valence-corrected chi connectivity index (χ1v) is 21.8. The number of carboxylic acids is 3. The van der Waals surface area contributed by atoms with Gasteiger partial charge >= 0.3 is 30.3 Å². The first-order valence-electron chi connectivity index (χ1n) is 21.8. The summed E-state index contributed by atoms with van der Waals surface area (Å²) < 4.78 is 63.5. The number of nitrogens with one attached hydrogen (secondary N) is 7.